The number of aryl methyl sites for hydroxylation is 9. The second-order valence-electron chi connectivity index (χ2n) is 20.5. The summed E-state index contributed by atoms with van der Waals surface area (Å²) in [5.41, 5.74) is 20.9. The van der Waals surface area contributed by atoms with E-state index in [4.69, 9.17) is 0 Å². The number of hydrogen-bond donors (Lipinski definition) is 0. The molecule has 72 heavy (non-hydrogen) atoms. The summed E-state index contributed by atoms with van der Waals surface area (Å²) in [6.07, 6.45) is 2.96. The highest BCUT2D eigenvalue weighted by atomic mass is 14.2. The lowest BCUT2D eigenvalue weighted by Gasteiger charge is -2.15. The Bertz CT molecular complexity index is 3800. The molecule has 0 bridgehead atoms. The van der Waals surface area contributed by atoms with Crippen LogP contribution >= 0.6 is 0 Å². The van der Waals surface area contributed by atoms with Crippen molar-refractivity contribution in [2.45, 2.75) is 81.6 Å². The lowest BCUT2D eigenvalue weighted by atomic mass is 9.89. The quantitative estimate of drug-likeness (QED) is 0.156. The van der Waals surface area contributed by atoms with Crippen LogP contribution in [0.25, 0.3) is 64.6 Å². The van der Waals surface area contributed by atoms with Gasteiger partial charge < -0.3 is 0 Å². The summed E-state index contributed by atoms with van der Waals surface area (Å²) < 4.78 is 0. The molecule has 0 aliphatic heterocycles. The van der Waals surface area contributed by atoms with Gasteiger partial charge in [0.15, 0.2) is 0 Å². The van der Waals surface area contributed by atoms with Crippen LogP contribution in [0.15, 0.2) is 200 Å². The Morgan fingerprint density at radius 2 is 0.389 bits per heavy atom. The Morgan fingerprint density at radius 1 is 0.194 bits per heavy atom. The van der Waals surface area contributed by atoms with Gasteiger partial charge in [0.05, 0.1) is 0 Å². The summed E-state index contributed by atoms with van der Waals surface area (Å²) in [4.78, 5) is 0. The number of benzene rings is 12. The van der Waals surface area contributed by atoms with Gasteiger partial charge >= 0.3 is 0 Å². The third-order valence-corrected chi connectivity index (χ3v) is 15.5. The van der Waals surface area contributed by atoms with Crippen LogP contribution < -0.4 is 0 Å². The van der Waals surface area contributed by atoms with Crippen molar-refractivity contribution in [1.82, 2.24) is 0 Å². The molecule has 12 aromatic rings. The van der Waals surface area contributed by atoms with E-state index in [9.17, 15) is 0 Å². The maximum Gasteiger partial charge on any atom is -0.000820 e. The van der Waals surface area contributed by atoms with Crippen LogP contribution in [0.2, 0.25) is 0 Å². The first-order valence-electron chi connectivity index (χ1n) is 25.8. The van der Waals surface area contributed by atoms with Crippen LogP contribution in [0.5, 0.6) is 0 Å². The van der Waals surface area contributed by atoms with E-state index in [1.165, 1.54) is 148 Å². The van der Waals surface area contributed by atoms with E-state index in [1.54, 1.807) is 0 Å². The molecule has 0 nitrogen and oxygen atoms in total. The standard InChI is InChI=1S/C25H24.C24H22.C23H20/c1-16-5-9-20-11-7-18(3)22(24(20)13-16)15-23-19(4)8-12-21-10-6-17(2)14-25(21)23;1-16-8-11-20-13-10-18(3)23(24(20)14-16)15-22-17(2)9-12-19-6-4-5-7-21(19)22;1-16-11-13-18-7-3-5-9-20(18)22(16)15-23-17(2)12-14-19-8-4-6-10-21(19)23/h5-14H,15H2,1-4H3;4-14H,15H2,1-3H3;3-14H,15H2,1-2H3. The van der Waals surface area contributed by atoms with E-state index in [2.05, 4.69) is 263 Å². The average Bonchev–Trinajstić information content (AvgIpc) is 3.39. The van der Waals surface area contributed by atoms with Gasteiger partial charge in [-0.3, -0.25) is 0 Å². The fourth-order valence-corrected chi connectivity index (χ4v) is 11.1. The molecule has 12 rings (SSSR count). The smallest absolute Gasteiger partial charge is 0.000820 e. The SMILES string of the molecule is Cc1ccc2ccc(C)c(Cc3c(C)ccc4ccc(C)cc34)c2c1.Cc1ccc2ccc(C)c(Cc3c(C)ccc4ccccc34)c2c1.Cc1ccc2ccccc2c1Cc1c(C)ccc2ccccc12. The van der Waals surface area contributed by atoms with Crippen molar-refractivity contribution in [2.24, 2.45) is 0 Å². The lowest BCUT2D eigenvalue weighted by Crippen LogP contribution is -1.98. The van der Waals surface area contributed by atoms with Crippen molar-refractivity contribution >= 4 is 64.6 Å². The molecule has 0 saturated carbocycles. The van der Waals surface area contributed by atoms with E-state index in [1.807, 2.05) is 0 Å². The fourth-order valence-electron chi connectivity index (χ4n) is 11.1. The van der Waals surface area contributed by atoms with Gasteiger partial charge in [0.2, 0.25) is 0 Å². The Kier molecular flexibility index (Phi) is 13.6. The van der Waals surface area contributed by atoms with E-state index < -0.39 is 0 Å². The molecule has 0 radical (unpaired) electrons. The van der Waals surface area contributed by atoms with Crippen molar-refractivity contribution in [2.75, 3.05) is 0 Å². The Hall–Kier alpha value is -7.80. The summed E-state index contributed by atoms with van der Waals surface area (Å²) in [5.74, 6) is 0. The molecular formula is C72H66. The highest BCUT2D eigenvalue weighted by Gasteiger charge is 2.14. The first kappa shape index (κ1) is 47.9. The molecule has 0 saturated heterocycles. The molecule has 0 unspecified atom stereocenters. The lowest BCUT2D eigenvalue weighted by molar-refractivity contribution is 1.16. The van der Waals surface area contributed by atoms with Gasteiger partial charge in [0.25, 0.3) is 0 Å². The molecular weight excluding hydrogens is 865 g/mol. The predicted octanol–water partition coefficient (Wildman–Crippen LogP) is 19.5. The number of fused-ring (bicyclic) bond motifs is 6. The van der Waals surface area contributed by atoms with Gasteiger partial charge in [-0.05, 0) is 213 Å². The third-order valence-electron chi connectivity index (χ3n) is 15.5. The molecule has 0 amide bonds. The second kappa shape index (κ2) is 20.5. The first-order valence-corrected chi connectivity index (χ1v) is 25.8. The zero-order valence-electron chi connectivity index (χ0n) is 43.7. The van der Waals surface area contributed by atoms with Gasteiger partial charge in [0.1, 0.15) is 0 Å². The van der Waals surface area contributed by atoms with E-state index in [0.717, 1.165) is 19.3 Å². The molecule has 0 heterocycles. The molecule has 0 fully saturated rings. The van der Waals surface area contributed by atoms with Crippen LogP contribution in [0, 0.1) is 62.3 Å². The largest absolute Gasteiger partial charge is 0.0616 e. The molecule has 0 atom stereocenters. The van der Waals surface area contributed by atoms with Gasteiger partial charge in [-0.1, -0.05) is 217 Å². The van der Waals surface area contributed by atoms with Crippen molar-refractivity contribution in [1.29, 1.82) is 0 Å². The van der Waals surface area contributed by atoms with Crippen molar-refractivity contribution < 1.29 is 0 Å². The van der Waals surface area contributed by atoms with Crippen LogP contribution in [-0.4, -0.2) is 0 Å². The van der Waals surface area contributed by atoms with Crippen LogP contribution in [0.3, 0.4) is 0 Å². The monoisotopic (exact) mass is 931 g/mol. The topological polar surface area (TPSA) is 0 Å². The zero-order chi connectivity index (χ0) is 50.0. The van der Waals surface area contributed by atoms with E-state index in [-0.39, 0.29) is 0 Å². The van der Waals surface area contributed by atoms with Gasteiger partial charge in [-0.15, -0.1) is 0 Å². The van der Waals surface area contributed by atoms with Gasteiger partial charge in [0, 0.05) is 0 Å². The molecule has 0 aromatic heterocycles. The van der Waals surface area contributed by atoms with Crippen LogP contribution in [0.4, 0.5) is 0 Å². The summed E-state index contributed by atoms with van der Waals surface area (Å²) >= 11 is 0. The molecule has 12 aromatic carbocycles. The predicted molar refractivity (Wildman–Crippen MR) is 315 cm³/mol. The second-order valence-corrected chi connectivity index (χ2v) is 20.5. The maximum atomic E-state index is 2.34. The van der Waals surface area contributed by atoms with Crippen molar-refractivity contribution in [3.63, 3.8) is 0 Å². The van der Waals surface area contributed by atoms with Gasteiger partial charge in [-0.25, -0.2) is 0 Å². The molecule has 0 N–H and O–H groups in total. The first-order chi connectivity index (χ1) is 34.9. The summed E-state index contributed by atoms with van der Waals surface area (Å²) in [6, 6.07) is 73.4. The molecule has 0 aliphatic rings. The summed E-state index contributed by atoms with van der Waals surface area (Å²) in [6.45, 7) is 19.9. The Labute approximate surface area is 427 Å². The Morgan fingerprint density at radius 3 is 0.639 bits per heavy atom. The molecule has 0 heteroatoms. The van der Waals surface area contributed by atoms with E-state index >= 15 is 0 Å². The van der Waals surface area contributed by atoms with Gasteiger partial charge in [-0.2, -0.15) is 0 Å². The minimum Gasteiger partial charge on any atom is -0.0616 e. The Balaban J connectivity index is 0.000000124. The zero-order valence-corrected chi connectivity index (χ0v) is 43.7. The highest BCUT2D eigenvalue weighted by Crippen LogP contribution is 2.34. The van der Waals surface area contributed by atoms with Crippen LogP contribution in [-0.2, 0) is 19.3 Å². The molecule has 0 aliphatic carbocycles. The normalized spacial score (nSPS) is 11.3. The third kappa shape index (κ3) is 9.80. The minimum atomic E-state index is 0.985. The van der Waals surface area contributed by atoms with Crippen LogP contribution in [0.1, 0.15) is 83.5 Å². The van der Waals surface area contributed by atoms with E-state index in [0.29, 0.717) is 0 Å². The van der Waals surface area contributed by atoms with Crippen molar-refractivity contribution in [3.05, 3.63) is 284 Å². The number of hydrogen-bond acceptors (Lipinski definition) is 0. The van der Waals surface area contributed by atoms with Crippen molar-refractivity contribution in [3.8, 4) is 0 Å². The summed E-state index contributed by atoms with van der Waals surface area (Å²) in [5, 5.41) is 16.3. The highest BCUT2D eigenvalue weighted by molar-refractivity contribution is 5.94. The average molecular weight is 931 g/mol. The molecule has 354 valence electrons. The summed E-state index contributed by atoms with van der Waals surface area (Å²) in [7, 11) is 0. The fraction of sp³-hybridized carbons (Fsp3) is 0.167. The molecule has 0 spiro atoms. The number of rotatable bonds is 6. The maximum absolute atomic E-state index is 2.34. The minimum absolute atomic E-state index is 0.985.